The number of hydrogen-bond donors (Lipinski definition) is 0. The Kier molecular flexibility index (Phi) is 7.32. The topological polar surface area (TPSA) is 61.8 Å². The number of rotatable bonds is 8. The normalized spacial score (nSPS) is 11.4. The minimum Gasteiger partial charge on any atom is -0.469 e. The molecule has 20 heavy (non-hydrogen) atoms. The van der Waals surface area contributed by atoms with Gasteiger partial charge in [-0.3, -0.25) is 0 Å². The molecular formula is C15H26O5. The van der Waals surface area contributed by atoms with Crippen LogP contribution in [0.25, 0.3) is 0 Å². The summed E-state index contributed by atoms with van der Waals surface area (Å²) in [5, 5.41) is 0. The van der Waals surface area contributed by atoms with Gasteiger partial charge >= 0.3 is 11.9 Å². The second kappa shape index (κ2) is 7.92. The van der Waals surface area contributed by atoms with Gasteiger partial charge in [0.1, 0.15) is 0 Å². The monoisotopic (exact) mass is 286 g/mol. The molecule has 116 valence electrons. The lowest BCUT2D eigenvalue weighted by Crippen LogP contribution is -2.38. The predicted octanol–water partition coefficient (Wildman–Crippen LogP) is 2.69. The predicted molar refractivity (Wildman–Crippen MR) is 75.9 cm³/mol. The summed E-state index contributed by atoms with van der Waals surface area (Å²) in [6.45, 7) is 14.8. The number of hydrogen-bond acceptors (Lipinski definition) is 5. The van der Waals surface area contributed by atoms with Crippen molar-refractivity contribution < 1.29 is 23.8 Å². The van der Waals surface area contributed by atoms with Crippen LogP contribution in [-0.2, 0) is 23.8 Å². The van der Waals surface area contributed by atoms with Crippen LogP contribution in [0.3, 0.4) is 0 Å². The third kappa shape index (κ3) is 7.16. The van der Waals surface area contributed by atoms with Gasteiger partial charge in [0, 0.05) is 0 Å². The molecule has 0 rings (SSSR count). The lowest BCUT2D eigenvalue weighted by atomic mass is 10.1. The van der Waals surface area contributed by atoms with Gasteiger partial charge in [-0.15, -0.1) is 0 Å². The van der Waals surface area contributed by atoms with Gasteiger partial charge < -0.3 is 14.2 Å². The summed E-state index contributed by atoms with van der Waals surface area (Å²) in [6.07, 6.45) is 0. The molecule has 0 aromatic heterocycles. The Morgan fingerprint density at radius 1 is 1.00 bits per heavy atom. The first kappa shape index (κ1) is 18.5. The van der Waals surface area contributed by atoms with E-state index in [9.17, 15) is 9.59 Å². The van der Waals surface area contributed by atoms with Gasteiger partial charge in [-0.05, 0) is 32.3 Å². The van der Waals surface area contributed by atoms with Gasteiger partial charge in [0.05, 0.1) is 13.2 Å². The van der Waals surface area contributed by atoms with E-state index in [0.29, 0.717) is 6.61 Å². The average molecular weight is 286 g/mol. The van der Waals surface area contributed by atoms with E-state index in [0.717, 1.165) is 0 Å². The van der Waals surface area contributed by atoms with Crippen molar-refractivity contribution in [2.24, 2.45) is 11.8 Å². The van der Waals surface area contributed by atoms with Crippen LogP contribution < -0.4 is 0 Å². The standard InChI is InChI=1S/C15H26O5/c1-10(2)8-18-13(16)12(5)20-15(6,7)14(17)19-9-11(3)4/h10-11H,5,8-9H2,1-4,6-7H3. The number of esters is 2. The molecule has 0 spiro atoms. The number of carbonyl (C=O) groups excluding carboxylic acids is 2. The van der Waals surface area contributed by atoms with E-state index in [1.165, 1.54) is 13.8 Å². The maximum absolute atomic E-state index is 11.9. The fourth-order valence-corrected chi connectivity index (χ4v) is 1.13. The number of ether oxygens (including phenoxy) is 3. The first-order valence-electron chi connectivity index (χ1n) is 6.78. The zero-order valence-corrected chi connectivity index (χ0v) is 13.3. The Bertz CT molecular complexity index is 355. The van der Waals surface area contributed by atoms with E-state index < -0.39 is 17.5 Å². The van der Waals surface area contributed by atoms with Crippen molar-refractivity contribution >= 4 is 11.9 Å². The maximum Gasteiger partial charge on any atom is 0.373 e. The van der Waals surface area contributed by atoms with Gasteiger partial charge in [0.2, 0.25) is 5.60 Å². The quantitative estimate of drug-likeness (QED) is 0.390. The van der Waals surface area contributed by atoms with Gasteiger partial charge in [0.15, 0.2) is 5.76 Å². The van der Waals surface area contributed by atoms with Gasteiger partial charge in [-0.1, -0.05) is 27.7 Å². The minimum atomic E-state index is -1.27. The highest BCUT2D eigenvalue weighted by molar-refractivity contribution is 5.87. The molecule has 0 aromatic carbocycles. The zero-order chi connectivity index (χ0) is 15.9. The summed E-state index contributed by atoms with van der Waals surface area (Å²) < 4.78 is 15.3. The molecule has 0 aliphatic carbocycles. The lowest BCUT2D eigenvalue weighted by Gasteiger charge is -2.25. The molecule has 5 heteroatoms. The Labute approximate surface area is 121 Å². The maximum atomic E-state index is 11.9. The summed E-state index contributed by atoms with van der Waals surface area (Å²) in [4.78, 5) is 23.5. The first-order chi connectivity index (χ1) is 9.06. The molecule has 0 radical (unpaired) electrons. The highest BCUT2D eigenvalue weighted by atomic mass is 16.6. The van der Waals surface area contributed by atoms with Crippen LogP contribution in [0.5, 0.6) is 0 Å². The Morgan fingerprint density at radius 3 is 1.90 bits per heavy atom. The van der Waals surface area contributed by atoms with Crippen LogP contribution in [0.15, 0.2) is 12.3 Å². The van der Waals surface area contributed by atoms with Crippen molar-refractivity contribution in [3.05, 3.63) is 12.3 Å². The second-order valence-corrected chi connectivity index (χ2v) is 6.02. The largest absolute Gasteiger partial charge is 0.469 e. The molecule has 0 aliphatic rings. The molecule has 0 heterocycles. The average Bonchev–Trinajstić information content (AvgIpc) is 2.31. The minimum absolute atomic E-state index is 0.197. The second-order valence-electron chi connectivity index (χ2n) is 6.02. The number of carbonyl (C=O) groups is 2. The van der Waals surface area contributed by atoms with Gasteiger partial charge in [0.25, 0.3) is 0 Å². The smallest absolute Gasteiger partial charge is 0.373 e. The van der Waals surface area contributed by atoms with Crippen molar-refractivity contribution in [3.63, 3.8) is 0 Å². The summed E-state index contributed by atoms with van der Waals surface area (Å²) in [5.41, 5.74) is -1.27. The molecule has 0 bridgehead atoms. The van der Waals surface area contributed by atoms with Crippen LogP contribution >= 0.6 is 0 Å². The van der Waals surface area contributed by atoms with Crippen LogP contribution in [0.1, 0.15) is 41.5 Å². The lowest BCUT2D eigenvalue weighted by molar-refractivity contribution is -0.168. The highest BCUT2D eigenvalue weighted by Gasteiger charge is 2.34. The third-order valence-electron chi connectivity index (χ3n) is 2.19. The van der Waals surface area contributed by atoms with Crippen molar-refractivity contribution in [1.29, 1.82) is 0 Å². The van der Waals surface area contributed by atoms with Gasteiger partial charge in [-0.25, -0.2) is 9.59 Å². The van der Waals surface area contributed by atoms with Crippen molar-refractivity contribution in [2.45, 2.75) is 47.1 Å². The molecule has 5 nitrogen and oxygen atoms in total. The summed E-state index contributed by atoms with van der Waals surface area (Å²) in [6, 6.07) is 0. The summed E-state index contributed by atoms with van der Waals surface area (Å²) in [7, 11) is 0. The van der Waals surface area contributed by atoms with Crippen molar-refractivity contribution in [3.8, 4) is 0 Å². The van der Waals surface area contributed by atoms with E-state index in [1.54, 1.807) is 0 Å². The van der Waals surface area contributed by atoms with E-state index in [1.807, 2.05) is 27.7 Å². The molecule has 0 atom stereocenters. The highest BCUT2D eigenvalue weighted by Crippen LogP contribution is 2.17. The van der Waals surface area contributed by atoms with E-state index in [2.05, 4.69) is 6.58 Å². The molecule has 0 N–H and O–H groups in total. The Balaban J connectivity index is 4.40. The molecular weight excluding hydrogens is 260 g/mol. The van der Waals surface area contributed by atoms with Crippen LogP contribution in [0, 0.1) is 11.8 Å². The molecule has 0 aliphatic heterocycles. The molecule has 0 fully saturated rings. The molecule has 0 aromatic rings. The zero-order valence-electron chi connectivity index (χ0n) is 13.3. The molecule has 0 saturated heterocycles. The summed E-state index contributed by atoms with van der Waals surface area (Å²) >= 11 is 0. The van der Waals surface area contributed by atoms with Crippen LogP contribution in [0.2, 0.25) is 0 Å². The fourth-order valence-electron chi connectivity index (χ4n) is 1.13. The SMILES string of the molecule is C=C(OC(C)(C)C(=O)OCC(C)C)C(=O)OCC(C)C. The van der Waals surface area contributed by atoms with E-state index in [-0.39, 0.29) is 24.2 Å². The molecule has 0 saturated carbocycles. The Morgan fingerprint density at radius 2 is 1.45 bits per heavy atom. The molecule has 0 unspecified atom stereocenters. The van der Waals surface area contributed by atoms with Crippen molar-refractivity contribution in [1.82, 2.24) is 0 Å². The van der Waals surface area contributed by atoms with E-state index >= 15 is 0 Å². The van der Waals surface area contributed by atoms with Crippen molar-refractivity contribution in [2.75, 3.05) is 13.2 Å². The Hall–Kier alpha value is -1.52. The first-order valence-corrected chi connectivity index (χ1v) is 6.78. The third-order valence-corrected chi connectivity index (χ3v) is 2.19. The van der Waals surface area contributed by atoms with Crippen LogP contribution in [0.4, 0.5) is 0 Å². The van der Waals surface area contributed by atoms with Crippen LogP contribution in [-0.4, -0.2) is 30.8 Å². The fraction of sp³-hybridized carbons (Fsp3) is 0.733. The molecule has 0 amide bonds. The van der Waals surface area contributed by atoms with Gasteiger partial charge in [-0.2, -0.15) is 0 Å². The summed E-state index contributed by atoms with van der Waals surface area (Å²) in [5.74, 6) is -0.950. The van der Waals surface area contributed by atoms with E-state index in [4.69, 9.17) is 14.2 Å².